The molecule has 0 heterocycles. The van der Waals surface area contributed by atoms with E-state index >= 15 is 0 Å². The molecule has 2 radical (unpaired) electrons. The zero-order chi connectivity index (χ0) is 48.5. The fraction of sp³-hybridized carbons (Fsp3) is 0.500. The van der Waals surface area contributed by atoms with Crippen LogP contribution in [0.15, 0.2) is 84.9 Å². The molecule has 0 saturated heterocycles. The molecule has 64 heavy (non-hydrogen) atoms. The number of hydrogen-bond donors (Lipinski definition) is 0. The van der Waals surface area contributed by atoms with Crippen LogP contribution in [0.5, 0.6) is 0 Å². The molecular formula is C60H84Cl2SiZr. The Balaban J connectivity index is 0.000000303. The van der Waals surface area contributed by atoms with E-state index in [2.05, 4.69) is 223 Å². The first-order chi connectivity index (χ1) is 29.7. The van der Waals surface area contributed by atoms with Gasteiger partial charge in [0.2, 0.25) is 0 Å². The van der Waals surface area contributed by atoms with Crippen molar-refractivity contribution in [1.29, 1.82) is 0 Å². The Kier molecular flexibility index (Phi) is 20.8. The number of hydrogen-bond acceptors (Lipinski definition) is 0. The molecule has 0 nitrogen and oxygen atoms in total. The molecule has 0 spiro atoms. The van der Waals surface area contributed by atoms with E-state index < -0.39 is 20.8 Å². The second-order valence-electron chi connectivity index (χ2n) is 22.3. The maximum absolute atomic E-state index is 4.93. The van der Waals surface area contributed by atoms with Crippen LogP contribution in [0.25, 0.3) is 43.8 Å². The van der Waals surface area contributed by atoms with Gasteiger partial charge < -0.3 is 0 Å². The maximum atomic E-state index is 4.93. The first-order valence-electron chi connectivity index (χ1n) is 24.1. The summed E-state index contributed by atoms with van der Waals surface area (Å²) in [5.74, 6) is 1.21. The normalized spacial score (nSPS) is 13.0. The van der Waals surface area contributed by atoms with Crippen LogP contribution < -0.4 is 0 Å². The number of benzene rings is 4. The van der Waals surface area contributed by atoms with Gasteiger partial charge in [0.1, 0.15) is 0 Å². The van der Waals surface area contributed by atoms with Crippen LogP contribution in [0.1, 0.15) is 194 Å². The summed E-state index contributed by atoms with van der Waals surface area (Å²) in [6, 6.07) is 33.7. The Bertz CT molecular complexity index is 2160. The summed E-state index contributed by atoms with van der Waals surface area (Å²) < 4.78 is 0. The van der Waals surface area contributed by atoms with Crippen molar-refractivity contribution in [2.24, 2.45) is 0 Å². The van der Waals surface area contributed by atoms with E-state index in [1.165, 1.54) is 101 Å². The Morgan fingerprint density at radius 3 is 0.969 bits per heavy atom. The molecule has 6 aromatic carbocycles. The second-order valence-corrected chi connectivity index (χ2v) is 27.0. The third kappa shape index (κ3) is 14.4. The number of rotatable bonds is 8. The van der Waals surface area contributed by atoms with Gasteiger partial charge in [-0.3, -0.25) is 0 Å². The molecule has 2 atom stereocenters. The van der Waals surface area contributed by atoms with Gasteiger partial charge in [0.15, 0.2) is 0 Å². The number of fused-ring (bicyclic) bond motifs is 2. The summed E-state index contributed by atoms with van der Waals surface area (Å²) in [7, 11) is 11.0. The Morgan fingerprint density at radius 1 is 0.484 bits per heavy atom. The van der Waals surface area contributed by atoms with E-state index in [0.717, 1.165) is 22.4 Å². The molecule has 6 rings (SSSR count). The van der Waals surface area contributed by atoms with Gasteiger partial charge in [0.25, 0.3) is 0 Å². The van der Waals surface area contributed by atoms with Crippen molar-refractivity contribution in [2.75, 3.05) is 0 Å². The van der Waals surface area contributed by atoms with Crippen molar-refractivity contribution >= 4 is 48.1 Å². The first-order valence-corrected chi connectivity index (χ1v) is 32.4. The van der Waals surface area contributed by atoms with Gasteiger partial charge >= 0.3 is 37.9 Å². The molecule has 0 aliphatic rings. The molecule has 0 aromatic heterocycles. The van der Waals surface area contributed by atoms with Crippen LogP contribution in [-0.4, -0.2) is 9.52 Å². The van der Waals surface area contributed by atoms with Crippen LogP contribution in [0, 0.1) is 0 Å². The minimum atomic E-state index is -0.826. The zero-order valence-electron chi connectivity index (χ0n) is 43.8. The van der Waals surface area contributed by atoms with Gasteiger partial charge in [-0.2, -0.15) is 12.1 Å². The van der Waals surface area contributed by atoms with Gasteiger partial charge in [-0.1, -0.05) is 209 Å². The van der Waals surface area contributed by atoms with Crippen LogP contribution >= 0.6 is 17.0 Å². The third-order valence-corrected chi connectivity index (χ3v) is 13.0. The monoisotopic (exact) mass is 992 g/mol. The summed E-state index contributed by atoms with van der Waals surface area (Å²) in [6.07, 6.45) is 4.47. The van der Waals surface area contributed by atoms with E-state index in [4.69, 9.17) is 17.0 Å². The predicted octanol–water partition coefficient (Wildman–Crippen LogP) is 20.0. The average Bonchev–Trinajstić information content (AvgIpc) is 3.87. The summed E-state index contributed by atoms with van der Waals surface area (Å²) >= 11 is -0.826. The summed E-state index contributed by atoms with van der Waals surface area (Å²) in [6.45, 7) is 46.0. The van der Waals surface area contributed by atoms with Crippen molar-refractivity contribution in [1.82, 2.24) is 0 Å². The van der Waals surface area contributed by atoms with E-state index in [9.17, 15) is 0 Å². The van der Waals surface area contributed by atoms with Gasteiger partial charge in [0.05, 0.1) is 0 Å². The van der Waals surface area contributed by atoms with Gasteiger partial charge in [-0.25, -0.2) is 0 Å². The van der Waals surface area contributed by atoms with Gasteiger partial charge in [-0.15, -0.1) is 69.1 Å². The first kappa shape index (κ1) is 56.1. The van der Waals surface area contributed by atoms with Gasteiger partial charge in [0, 0.05) is 9.52 Å². The fourth-order valence-electron chi connectivity index (χ4n) is 8.29. The Hall–Kier alpha value is -2.22. The minimum absolute atomic E-state index is 0.129. The number of halogens is 2. The molecular weight excluding hydrogens is 911 g/mol. The third-order valence-electron chi connectivity index (χ3n) is 13.0. The molecule has 0 fully saturated rings. The molecule has 2 unspecified atom stereocenters. The standard InChI is InChI=1S/2C29H39.C2H6Si.2ClH.Zr/c2*1-10-19(3)22-14-21-13-12-20(11-2)27(26(21)17-22)23-15-24(28(4,5)6)18-25(16-23)29(7,8)9;1-3-2;;;/h2*12-19H,10-11H2,1-9H3;1-2H3;2*1H;/q2*-1;;;;+4/p-2. The van der Waals surface area contributed by atoms with Crippen molar-refractivity contribution in [3.63, 3.8) is 0 Å². The van der Waals surface area contributed by atoms with Crippen molar-refractivity contribution in [2.45, 2.75) is 197 Å². The van der Waals surface area contributed by atoms with E-state index in [0.29, 0.717) is 11.8 Å². The molecule has 0 amide bonds. The topological polar surface area (TPSA) is 0 Å². The molecule has 0 bridgehead atoms. The number of aryl methyl sites for hydroxylation is 2. The summed E-state index contributed by atoms with van der Waals surface area (Å²) in [4.78, 5) is 0. The molecule has 0 aliphatic carbocycles. The van der Waals surface area contributed by atoms with E-state index in [-0.39, 0.29) is 21.7 Å². The molecule has 0 saturated carbocycles. The SMILES string of the molecule is CCc1ccc2[cH-]c(C(C)CC)cc2c1-c1cc(C(C)(C)C)cc(C(C)(C)C)c1.CCc1ccc2[cH-]c(C(C)CC)cc2c1-c1cc(C(C)(C)C)cc(C(C)(C)C)c1.C[Si]C.[Cl][Zr+2][Cl]. The molecule has 4 heteroatoms. The van der Waals surface area contributed by atoms with Crippen molar-refractivity contribution in [3.05, 3.63) is 129 Å². The fourth-order valence-corrected chi connectivity index (χ4v) is 8.29. The van der Waals surface area contributed by atoms with E-state index in [1.54, 1.807) is 0 Å². The summed E-state index contributed by atoms with van der Waals surface area (Å²) in [5, 5.41) is 5.60. The van der Waals surface area contributed by atoms with E-state index in [1.807, 2.05) is 0 Å². The quantitative estimate of drug-likeness (QED) is 0.105. The van der Waals surface area contributed by atoms with Crippen LogP contribution in [0.2, 0.25) is 13.1 Å². The van der Waals surface area contributed by atoms with Gasteiger partial charge in [-0.05, 0) is 79.7 Å². The average molecular weight is 996 g/mol. The van der Waals surface area contributed by atoms with Crippen LogP contribution in [-0.2, 0) is 55.3 Å². The second kappa shape index (κ2) is 23.7. The predicted molar refractivity (Wildman–Crippen MR) is 290 cm³/mol. The van der Waals surface area contributed by atoms with Crippen molar-refractivity contribution < 1.29 is 20.8 Å². The van der Waals surface area contributed by atoms with Crippen LogP contribution in [0.4, 0.5) is 0 Å². The molecule has 0 aliphatic heterocycles. The van der Waals surface area contributed by atoms with Crippen molar-refractivity contribution in [3.8, 4) is 22.3 Å². The zero-order valence-corrected chi connectivity index (χ0v) is 48.8. The Morgan fingerprint density at radius 2 is 0.750 bits per heavy atom. The molecule has 0 N–H and O–H groups in total. The Labute approximate surface area is 414 Å². The summed E-state index contributed by atoms with van der Waals surface area (Å²) in [5.41, 5.74) is 17.7. The molecule has 6 aromatic rings. The molecule has 346 valence electrons. The van der Waals surface area contributed by atoms with Crippen LogP contribution in [0.3, 0.4) is 0 Å².